The molecule has 1 aliphatic rings. The highest BCUT2D eigenvalue weighted by Gasteiger charge is 2.28. The Bertz CT molecular complexity index is 195. The molecule has 1 rings (SSSR count). The molecule has 1 amide bonds. The van der Waals surface area contributed by atoms with Gasteiger partial charge < -0.3 is 10.0 Å². The Labute approximate surface area is 59.6 Å². The van der Waals surface area contributed by atoms with Gasteiger partial charge in [0.15, 0.2) is 0 Å². The van der Waals surface area contributed by atoms with Gasteiger partial charge in [0.25, 0.3) is 0 Å². The van der Waals surface area contributed by atoms with E-state index >= 15 is 0 Å². The van der Waals surface area contributed by atoms with Crippen molar-refractivity contribution in [2.24, 2.45) is 5.92 Å². The van der Waals surface area contributed by atoms with Gasteiger partial charge in [0.2, 0.25) is 0 Å². The van der Waals surface area contributed by atoms with E-state index in [2.05, 4.69) is 11.8 Å². The Morgan fingerprint density at radius 3 is 2.70 bits per heavy atom. The van der Waals surface area contributed by atoms with Crippen LogP contribution in [0, 0.1) is 17.8 Å². The van der Waals surface area contributed by atoms with Crippen LogP contribution in [0.3, 0.4) is 0 Å². The number of carboxylic acid groups (broad SMARTS) is 1. The maximum atomic E-state index is 10.2. The first-order valence-electron chi connectivity index (χ1n) is 3.14. The number of hydrogen-bond acceptors (Lipinski definition) is 1. The van der Waals surface area contributed by atoms with Crippen molar-refractivity contribution in [1.82, 2.24) is 4.90 Å². The standard InChI is InChI=1S/C7H9NO2/c1-2-3-6-4-8(5-6)7(9)10/h6H,4-5H2,1H3,(H,9,10). The lowest BCUT2D eigenvalue weighted by atomic mass is 10.0. The van der Waals surface area contributed by atoms with Gasteiger partial charge in [0, 0.05) is 13.1 Å². The zero-order valence-electron chi connectivity index (χ0n) is 5.79. The Kier molecular flexibility index (Phi) is 1.81. The van der Waals surface area contributed by atoms with E-state index in [4.69, 9.17) is 5.11 Å². The summed E-state index contributed by atoms with van der Waals surface area (Å²) in [5.41, 5.74) is 0. The minimum absolute atomic E-state index is 0.279. The van der Waals surface area contributed by atoms with Crippen molar-refractivity contribution in [2.75, 3.05) is 13.1 Å². The van der Waals surface area contributed by atoms with Crippen molar-refractivity contribution in [2.45, 2.75) is 6.92 Å². The molecule has 10 heavy (non-hydrogen) atoms. The number of nitrogens with zero attached hydrogens (tertiary/aromatic N) is 1. The maximum absolute atomic E-state index is 10.2. The number of carbonyl (C=O) groups is 1. The van der Waals surface area contributed by atoms with Crippen molar-refractivity contribution < 1.29 is 9.90 Å². The van der Waals surface area contributed by atoms with Gasteiger partial charge in [0.05, 0.1) is 5.92 Å². The maximum Gasteiger partial charge on any atom is 0.407 e. The molecule has 0 bridgehead atoms. The van der Waals surface area contributed by atoms with E-state index in [1.807, 2.05) is 0 Å². The second-order valence-corrected chi connectivity index (χ2v) is 2.28. The largest absolute Gasteiger partial charge is 0.465 e. The van der Waals surface area contributed by atoms with Gasteiger partial charge in [-0.2, -0.15) is 0 Å². The molecule has 1 heterocycles. The molecule has 1 fully saturated rings. The average Bonchev–Trinajstić information content (AvgIpc) is 1.76. The smallest absolute Gasteiger partial charge is 0.407 e. The molecule has 1 aliphatic heterocycles. The molecule has 3 nitrogen and oxygen atoms in total. The molecule has 0 unspecified atom stereocenters. The predicted octanol–water partition coefficient (Wildman–Crippen LogP) is 0.620. The quantitative estimate of drug-likeness (QED) is 0.500. The van der Waals surface area contributed by atoms with Gasteiger partial charge in [-0.15, -0.1) is 5.92 Å². The Morgan fingerprint density at radius 1 is 1.70 bits per heavy atom. The minimum Gasteiger partial charge on any atom is -0.465 e. The summed E-state index contributed by atoms with van der Waals surface area (Å²) in [7, 11) is 0. The molecule has 0 atom stereocenters. The summed E-state index contributed by atoms with van der Waals surface area (Å²) in [6, 6.07) is 0. The van der Waals surface area contributed by atoms with Crippen LogP contribution in [-0.4, -0.2) is 29.2 Å². The molecular weight excluding hydrogens is 130 g/mol. The van der Waals surface area contributed by atoms with Crippen molar-refractivity contribution in [3.8, 4) is 11.8 Å². The van der Waals surface area contributed by atoms with Crippen LogP contribution >= 0.6 is 0 Å². The fourth-order valence-corrected chi connectivity index (χ4v) is 0.930. The van der Waals surface area contributed by atoms with Gasteiger partial charge in [-0.25, -0.2) is 4.79 Å². The van der Waals surface area contributed by atoms with Crippen LogP contribution in [0.1, 0.15) is 6.92 Å². The van der Waals surface area contributed by atoms with E-state index in [0.29, 0.717) is 13.1 Å². The Balaban J connectivity index is 2.28. The SMILES string of the molecule is CC#CC1CN(C(=O)O)C1. The molecule has 3 heteroatoms. The average molecular weight is 139 g/mol. The lowest BCUT2D eigenvalue weighted by Gasteiger charge is -2.33. The summed E-state index contributed by atoms with van der Waals surface area (Å²) >= 11 is 0. The first-order valence-corrected chi connectivity index (χ1v) is 3.14. The van der Waals surface area contributed by atoms with Crippen LogP contribution in [0.25, 0.3) is 0 Å². The van der Waals surface area contributed by atoms with Crippen LogP contribution in [-0.2, 0) is 0 Å². The Morgan fingerprint density at radius 2 is 2.30 bits per heavy atom. The van der Waals surface area contributed by atoms with Gasteiger partial charge in [-0.1, -0.05) is 5.92 Å². The third-order valence-electron chi connectivity index (χ3n) is 1.50. The van der Waals surface area contributed by atoms with E-state index in [0.717, 1.165) is 0 Å². The third-order valence-corrected chi connectivity index (χ3v) is 1.50. The first-order chi connectivity index (χ1) is 4.74. The van der Waals surface area contributed by atoms with E-state index in [1.54, 1.807) is 6.92 Å². The van der Waals surface area contributed by atoms with Crippen molar-refractivity contribution in [3.63, 3.8) is 0 Å². The number of hydrogen-bond donors (Lipinski definition) is 1. The Hall–Kier alpha value is -1.17. The van der Waals surface area contributed by atoms with Crippen molar-refractivity contribution in [3.05, 3.63) is 0 Å². The van der Waals surface area contributed by atoms with Gasteiger partial charge >= 0.3 is 6.09 Å². The highest BCUT2D eigenvalue weighted by atomic mass is 16.4. The molecule has 1 saturated heterocycles. The number of rotatable bonds is 0. The molecular formula is C7H9NO2. The zero-order valence-corrected chi connectivity index (χ0v) is 5.79. The second kappa shape index (κ2) is 2.61. The van der Waals surface area contributed by atoms with E-state index in [1.165, 1.54) is 4.90 Å². The van der Waals surface area contributed by atoms with Crippen LogP contribution < -0.4 is 0 Å². The molecule has 0 aromatic rings. The van der Waals surface area contributed by atoms with Gasteiger partial charge in [0.1, 0.15) is 0 Å². The topological polar surface area (TPSA) is 40.5 Å². The van der Waals surface area contributed by atoms with Crippen LogP contribution in [0.4, 0.5) is 4.79 Å². The molecule has 0 aromatic carbocycles. The van der Waals surface area contributed by atoms with Crippen molar-refractivity contribution >= 4 is 6.09 Å². The summed E-state index contributed by atoms with van der Waals surface area (Å²) in [6.45, 7) is 2.93. The van der Waals surface area contributed by atoms with Crippen LogP contribution in [0.15, 0.2) is 0 Å². The zero-order chi connectivity index (χ0) is 7.56. The van der Waals surface area contributed by atoms with Gasteiger partial charge in [-0.3, -0.25) is 0 Å². The lowest BCUT2D eigenvalue weighted by molar-refractivity contribution is 0.0999. The normalized spacial score (nSPS) is 17.1. The van der Waals surface area contributed by atoms with E-state index in [9.17, 15) is 4.79 Å². The molecule has 0 saturated carbocycles. The lowest BCUT2D eigenvalue weighted by Crippen LogP contribution is -2.48. The third kappa shape index (κ3) is 1.21. The van der Waals surface area contributed by atoms with Crippen LogP contribution in [0.5, 0.6) is 0 Å². The minimum atomic E-state index is -0.839. The van der Waals surface area contributed by atoms with Gasteiger partial charge in [-0.05, 0) is 6.92 Å². The number of amides is 1. The second-order valence-electron chi connectivity index (χ2n) is 2.28. The van der Waals surface area contributed by atoms with Crippen LogP contribution in [0.2, 0.25) is 0 Å². The molecule has 54 valence electrons. The highest BCUT2D eigenvalue weighted by molar-refractivity contribution is 5.66. The summed E-state index contributed by atoms with van der Waals surface area (Å²) in [5, 5.41) is 8.40. The summed E-state index contributed by atoms with van der Waals surface area (Å²) in [6.07, 6.45) is -0.839. The fraction of sp³-hybridized carbons (Fsp3) is 0.571. The summed E-state index contributed by atoms with van der Waals surface area (Å²) in [5.74, 6) is 5.95. The van der Waals surface area contributed by atoms with E-state index < -0.39 is 6.09 Å². The summed E-state index contributed by atoms with van der Waals surface area (Å²) < 4.78 is 0. The molecule has 0 radical (unpaired) electrons. The highest BCUT2D eigenvalue weighted by Crippen LogP contribution is 2.13. The fourth-order valence-electron chi connectivity index (χ4n) is 0.930. The monoisotopic (exact) mass is 139 g/mol. The number of likely N-dealkylation sites (tertiary alicyclic amines) is 1. The van der Waals surface area contributed by atoms with E-state index in [-0.39, 0.29) is 5.92 Å². The van der Waals surface area contributed by atoms with Crippen molar-refractivity contribution in [1.29, 1.82) is 0 Å². The molecule has 0 aliphatic carbocycles. The molecule has 0 spiro atoms. The molecule has 1 N–H and O–H groups in total. The summed E-state index contributed by atoms with van der Waals surface area (Å²) in [4.78, 5) is 11.6. The first kappa shape index (κ1) is 6.94. The molecule has 0 aromatic heterocycles. The predicted molar refractivity (Wildman–Crippen MR) is 36.5 cm³/mol.